The van der Waals surface area contributed by atoms with Gasteiger partial charge < -0.3 is 10.8 Å². The Kier molecular flexibility index (Phi) is 1.76. The van der Waals surface area contributed by atoms with Gasteiger partial charge in [-0.1, -0.05) is 0 Å². The van der Waals surface area contributed by atoms with Gasteiger partial charge in [-0.25, -0.2) is 8.42 Å². The average molecular weight is 219 g/mol. The molecular formula is C8H13NO4S. The molecule has 3 N–H and O–H groups in total. The Bertz CT molecular complexity index is 390. The maximum absolute atomic E-state index is 11.3. The summed E-state index contributed by atoms with van der Waals surface area (Å²) in [5.74, 6) is -0.831. The lowest BCUT2D eigenvalue weighted by Crippen LogP contribution is -2.32. The highest BCUT2D eigenvalue weighted by Crippen LogP contribution is 2.68. The molecule has 2 atom stereocenters. The summed E-state index contributed by atoms with van der Waals surface area (Å²) in [6, 6.07) is 0. The van der Waals surface area contributed by atoms with E-state index in [1.165, 1.54) is 0 Å². The van der Waals surface area contributed by atoms with Crippen LogP contribution in [0.3, 0.4) is 0 Å². The first-order valence-corrected chi connectivity index (χ1v) is 6.34. The molecule has 0 aromatic heterocycles. The Balaban J connectivity index is 2.29. The number of hydrogen-bond acceptors (Lipinski definition) is 4. The minimum atomic E-state index is -3.02. The van der Waals surface area contributed by atoms with Gasteiger partial charge in [0.15, 0.2) is 9.84 Å². The second-order valence-corrected chi connectivity index (χ2v) is 6.57. The van der Waals surface area contributed by atoms with Gasteiger partial charge in [-0.3, -0.25) is 4.79 Å². The van der Waals surface area contributed by atoms with Crippen molar-refractivity contribution >= 4 is 15.8 Å². The Morgan fingerprint density at radius 2 is 2.14 bits per heavy atom. The summed E-state index contributed by atoms with van der Waals surface area (Å²) in [4.78, 5) is 11.0. The van der Waals surface area contributed by atoms with Gasteiger partial charge in [0.05, 0.1) is 16.9 Å². The van der Waals surface area contributed by atoms with Gasteiger partial charge in [0, 0.05) is 12.0 Å². The van der Waals surface area contributed by atoms with E-state index in [-0.39, 0.29) is 18.1 Å². The SMILES string of the molecule is NCC1(C(=O)O)CC12CCS(=O)(=O)C2. The molecule has 2 rings (SSSR count). The number of sulfone groups is 1. The number of carboxylic acids is 1. The van der Waals surface area contributed by atoms with Crippen LogP contribution in [0.15, 0.2) is 0 Å². The summed E-state index contributed by atoms with van der Waals surface area (Å²) in [6.45, 7) is 0.0395. The fourth-order valence-corrected chi connectivity index (χ4v) is 4.86. The average Bonchev–Trinajstić information content (AvgIpc) is 2.60. The topological polar surface area (TPSA) is 97.5 Å². The molecule has 0 radical (unpaired) electrons. The molecule has 0 amide bonds. The highest BCUT2D eigenvalue weighted by atomic mass is 32.2. The van der Waals surface area contributed by atoms with Crippen molar-refractivity contribution in [2.24, 2.45) is 16.6 Å². The van der Waals surface area contributed by atoms with E-state index < -0.39 is 26.6 Å². The van der Waals surface area contributed by atoms with Crippen LogP contribution >= 0.6 is 0 Å². The van der Waals surface area contributed by atoms with E-state index in [1.54, 1.807) is 0 Å². The van der Waals surface area contributed by atoms with Gasteiger partial charge >= 0.3 is 5.97 Å². The number of carboxylic acid groups (broad SMARTS) is 1. The van der Waals surface area contributed by atoms with Crippen LogP contribution in [-0.2, 0) is 14.6 Å². The van der Waals surface area contributed by atoms with Crippen LogP contribution in [0.5, 0.6) is 0 Å². The number of carbonyl (C=O) groups is 1. The smallest absolute Gasteiger partial charge is 0.311 e. The summed E-state index contributed by atoms with van der Waals surface area (Å²) in [5.41, 5.74) is 3.93. The van der Waals surface area contributed by atoms with Crippen LogP contribution < -0.4 is 5.73 Å². The Morgan fingerprint density at radius 1 is 1.50 bits per heavy atom. The first-order valence-electron chi connectivity index (χ1n) is 4.51. The van der Waals surface area contributed by atoms with Crippen LogP contribution in [0.1, 0.15) is 12.8 Å². The summed E-state index contributed by atoms with van der Waals surface area (Å²) in [6.07, 6.45) is 0.879. The van der Waals surface area contributed by atoms with Crippen molar-refractivity contribution in [2.75, 3.05) is 18.1 Å². The molecule has 1 heterocycles. The molecule has 1 spiro atoms. The fourth-order valence-electron chi connectivity index (χ4n) is 2.64. The molecule has 0 aromatic carbocycles. The van der Waals surface area contributed by atoms with Crippen molar-refractivity contribution in [3.05, 3.63) is 0 Å². The lowest BCUT2D eigenvalue weighted by Gasteiger charge is -2.14. The van der Waals surface area contributed by atoms with Crippen molar-refractivity contribution < 1.29 is 18.3 Å². The largest absolute Gasteiger partial charge is 0.481 e. The lowest BCUT2D eigenvalue weighted by atomic mass is 9.92. The van der Waals surface area contributed by atoms with E-state index >= 15 is 0 Å². The van der Waals surface area contributed by atoms with E-state index in [0.29, 0.717) is 12.8 Å². The zero-order valence-corrected chi connectivity index (χ0v) is 8.51. The summed E-state index contributed by atoms with van der Waals surface area (Å²) in [7, 11) is -3.02. The minimum absolute atomic E-state index is 0.00347. The molecule has 5 nitrogen and oxygen atoms in total. The molecule has 2 aliphatic rings. The molecule has 80 valence electrons. The molecule has 1 aliphatic heterocycles. The molecular weight excluding hydrogens is 206 g/mol. The molecule has 14 heavy (non-hydrogen) atoms. The summed E-state index contributed by atoms with van der Waals surface area (Å²) in [5, 5.41) is 9.02. The standard InChI is InChI=1S/C8H13NO4S/c9-4-8(6(10)11)3-7(8)1-2-14(12,13)5-7/h1-5,9H2,(H,10,11). The van der Waals surface area contributed by atoms with Crippen molar-refractivity contribution in [1.82, 2.24) is 0 Å². The maximum atomic E-state index is 11.3. The zero-order chi connectivity index (χ0) is 10.6. The molecule has 2 unspecified atom stereocenters. The van der Waals surface area contributed by atoms with Crippen molar-refractivity contribution in [1.29, 1.82) is 0 Å². The van der Waals surface area contributed by atoms with Gasteiger partial charge in [-0.15, -0.1) is 0 Å². The van der Waals surface area contributed by atoms with Crippen molar-refractivity contribution in [3.63, 3.8) is 0 Å². The number of nitrogens with two attached hydrogens (primary N) is 1. The first-order chi connectivity index (χ1) is 6.38. The van der Waals surface area contributed by atoms with Gasteiger partial charge in [0.1, 0.15) is 0 Å². The van der Waals surface area contributed by atoms with Crippen LogP contribution in [-0.4, -0.2) is 37.5 Å². The Morgan fingerprint density at radius 3 is 2.43 bits per heavy atom. The summed E-state index contributed by atoms with van der Waals surface area (Å²) < 4.78 is 22.6. The van der Waals surface area contributed by atoms with Crippen LogP contribution in [0.4, 0.5) is 0 Å². The first kappa shape index (κ1) is 9.92. The predicted molar refractivity (Wildman–Crippen MR) is 49.4 cm³/mol. The van der Waals surface area contributed by atoms with E-state index in [4.69, 9.17) is 10.8 Å². The van der Waals surface area contributed by atoms with Crippen LogP contribution in [0, 0.1) is 10.8 Å². The third kappa shape index (κ3) is 1.04. The Labute approximate surface area is 82.2 Å². The van der Waals surface area contributed by atoms with Crippen molar-refractivity contribution in [3.8, 4) is 0 Å². The second-order valence-electron chi connectivity index (χ2n) is 4.39. The fraction of sp³-hybridized carbons (Fsp3) is 0.875. The second kappa shape index (κ2) is 2.49. The zero-order valence-electron chi connectivity index (χ0n) is 7.69. The maximum Gasteiger partial charge on any atom is 0.311 e. The van der Waals surface area contributed by atoms with Crippen LogP contribution in [0.2, 0.25) is 0 Å². The highest BCUT2D eigenvalue weighted by Gasteiger charge is 2.74. The summed E-state index contributed by atoms with van der Waals surface area (Å²) >= 11 is 0. The highest BCUT2D eigenvalue weighted by molar-refractivity contribution is 7.91. The monoisotopic (exact) mass is 219 g/mol. The number of hydrogen-bond donors (Lipinski definition) is 2. The van der Waals surface area contributed by atoms with Crippen LogP contribution in [0.25, 0.3) is 0 Å². The van der Waals surface area contributed by atoms with E-state index in [0.717, 1.165) is 0 Å². The third-order valence-electron chi connectivity index (χ3n) is 3.68. The third-order valence-corrected chi connectivity index (χ3v) is 5.49. The predicted octanol–water partition coefficient (Wildman–Crippen LogP) is -0.775. The molecule has 1 saturated carbocycles. The number of rotatable bonds is 2. The molecule has 2 fully saturated rings. The van der Waals surface area contributed by atoms with Gasteiger partial charge in [0.25, 0.3) is 0 Å². The van der Waals surface area contributed by atoms with Gasteiger partial charge in [-0.2, -0.15) is 0 Å². The van der Waals surface area contributed by atoms with Gasteiger partial charge in [-0.05, 0) is 12.8 Å². The van der Waals surface area contributed by atoms with E-state index in [9.17, 15) is 13.2 Å². The quantitative estimate of drug-likeness (QED) is 0.635. The van der Waals surface area contributed by atoms with Crippen molar-refractivity contribution in [2.45, 2.75) is 12.8 Å². The van der Waals surface area contributed by atoms with Gasteiger partial charge in [0.2, 0.25) is 0 Å². The Hall–Kier alpha value is -0.620. The molecule has 1 aliphatic carbocycles. The minimum Gasteiger partial charge on any atom is -0.481 e. The molecule has 1 saturated heterocycles. The molecule has 0 aromatic rings. The molecule has 6 heteroatoms. The normalized spacial score (nSPS) is 44.1. The molecule has 0 bridgehead atoms. The van der Waals surface area contributed by atoms with E-state index in [1.807, 2.05) is 0 Å². The van der Waals surface area contributed by atoms with E-state index in [2.05, 4.69) is 0 Å². The lowest BCUT2D eigenvalue weighted by molar-refractivity contribution is -0.144. The number of aliphatic carboxylic acids is 1.